The molecule has 9 nitrogen and oxygen atoms in total. The average molecular weight is 478 g/mol. The lowest BCUT2D eigenvalue weighted by molar-refractivity contribution is -0.130. The van der Waals surface area contributed by atoms with Crippen molar-refractivity contribution in [2.45, 2.75) is 39.7 Å². The summed E-state index contributed by atoms with van der Waals surface area (Å²) >= 11 is 0. The molecule has 1 aliphatic rings. The van der Waals surface area contributed by atoms with Gasteiger partial charge in [-0.1, -0.05) is 0 Å². The minimum atomic E-state index is -3.48. The van der Waals surface area contributed by atoms with Gasteiger partial charge in [-0.25, -0.2) is 8.42 Å². The SMILES string of the molecule is CCOc1cc(=O)n(C)cc1-c1cc(NS(=O)(=O)CC)ccc1OC1CCN(C(C)=O)CC1. The number of carbonyl (C=O) groups excluding carboxylic acids is 1. The molecule has 1 saturated heterocycles. The van der Waals surface area contributed by atoms with Crippen LogP contribution in [-0.2, 0) is 21.9 Å². The van der Waals surface area contributed by atoms with Crippen molar-refractivity contribution in [1.82, 2.24) is 9.47 Å². The maximum atomic E-state index is 12.2. The summed E-state index contributed by atoms with van der Waals surface area (Å²) in [7, 11) is -1.83. The van der Waals surface area contributed by atoms with Gasteiger partial charge in [0.1, 0.15) is 17.6 Å². The molecule has 2 heterocycles. The quantitative estimate of drug-likeness (QED) is 0.626. The number of pyridine rings is 1. The summed E-state index contributed by atoms with van der Waals surface area (Å²) in [5.74, 6) is 0.940. The largest absolute Gasteiger partial charge is 0.493 e. The molecule has 10 heteroatoms. The van der Waals surface area contributed by atoms with Crippen LogP contribution in [0.15, 0.2) is 35.3 Å². The van der Waals surface area contributed by atoms with Crippen molar-refractivity contribution in [3.8, 4) is 22.6 Å². The molecule has 0 unspecified atom stereocenters. The Morgan fingerprint density at radius 1 is 1.12 bits per heavy atom. The highest BCUT2D eigenvalue weighted by molar-refractivity contribution is 7.92. The number of benzene rings is 1. The van der Waals surface area contributed by atoms with E-state index in [1.807, 2.05) is 6.92 Å². The smallest absolute Gasteiger partial charge is 0.254 e. The Bertz CT molecular complexity index is 1170. The van der Waals surface area contributed by atoms with Crippen LogP contribution in [0.25, 0.3) is 11.1 Å². The first-order valence-electron chi connectivity index (χ1n) is 11.0. The number of nitrogens with zero attached hydrogens (tertiary/aromatic N) is 2. The number of nitrogens with one attached hydrogen (secondary N) is 1. The monoisotopic (exact) mass is 477 g/mol. The van der Waals surface area contributed by atoms with Crippen molar-refractivity contribution < 1.29 is 22.7 Å². The van der Waals surface area contributed by atoms with Crippen molar-refractivity contribution in [3.63, 3.8) is 0 Å². The van der Waals surface area contributed by atoms with E-state index in [1.54, 1.807) is 50.2 Å². The Labute approximate surface area is 194 Å². The van der Waals surface area contributed by atoms with Crippen molar-refractivity contribution in [2.24, 2.45) is 7.05 Å². The average Bonchev–Trinajstić information content (AvgIpc) is 2.77. The van der Waals surface area contributed by atoms with E-state index in [4.69, 9.17) is 9.47 Å². The van der Waals surface area contributed by atoms with Crippen LogP contribution >= 0.6 is 0 Å². The molecule has 1 aromatic carbocycles. The van der Waals surface area contributed by atoms with E-state index in [1.165, 1.54) is 10.6 Å². The standard InChI is InChI=1S/C23H31N3O6S/c1-5-31-22-14-23(28)25(4)15-20(22)19-13-17(24-33(29,30)6-2)7-8-21(19)32-18-9-11-26(12-10-18)16(3)27/h7-8,13-15,18,24H,5-6,9-12H2,1-4H3. The number of hydrogen-bond acceptors (Lipinski definition) is 6. The van der Waals surface area contributed by atoms with E-state index < -0.39 is 10.0 Å². The molecule has 0 aliphatic carbocycles. The summed E-state index contributed by atoms with van der Waals surface area (Å²) in [5, 5.41) is 0. The number of ether oxygens (including phenoxy) is 2. The van der Waals surface area contributed by atoms with E-state index in [-0.39, 0.29) is 23.3 Å². The zero-order valence-electron chi connectivity index (χ0n) is 19.5. The first kappa shape index (κ1) is 24.6. The van der Waals surface area contributed by atoms with E-state index in [0.717, 1.165) is 0 Å². The van der Waals surface area contributed by atoms with Crippen molar-refractivity contribution in [3.05, 3.63) is 40.8 Å². The van der Waals surface area contributed by atoms with Crippen LogP contribution in [0.3, 0.4) is 0 Å². The molecule has 3 rings (SSSR count). The number of hydrogen-bond donors (Lipinski definition) is 1. The lowest BCUT2D eigenvalue weighted by Gasteiger charge is -2.32. The molecule has 180 valence electrons. The number of aryl methyl sites for hydroxylation is 1. The van der Waals surface area contributed by atoms with Gasteiger partial charge >= 0.3 is 0 Å². The Balaban J connectivity index is 2.03. The molecular formula is C23H31N3O6S. The predicted molar refractivity (Wildman–Crippen MR) is 127 cm³/mol. The highest BCUT2D eigenvalue weighted by Gasteiger charge is 2.24. The van der Waals surface area contributed by atoms with Gasteiger partial charge in [0.25, 0.3) is 5.56 Å². The molecule has 0 atom stereocenters. The number of anilines is 1. The van der Waals surface area contributed by atoms with Gasteiger partial charge < -0.3 is 18.9 Å². The maximum Gasteiger partial charge on any atom is 0.254 e. The van der Waals surface area contributed by atoms with Crippen molar-refractivity contribution in [2.75, 3.05) is 30.2 Å². The van der Waals surface area contributed by atoms with Gasteiger partial charge in [-0.15, -0.1) is 0 Å². The first-order chi connectivity index (χ1) is 15.6. The van der Waals surface area contributed by atoms with Gasteiger partial charge in [0.15, 0.2) is 0 Å². The lowest BCUT2D eigenvalue weighted by Crippen LogP contribution is -2.40. The molecule has 0 bridgehead atoms. The second-order valence-electron chi connectivity index (χ2n) is 7.97. The summed E-state index contributed by atoms with van der Waals surface area (Å²) in [6.45, 7) is 6.55. The van der Waals surface area contributed by atoms with E-state index >= 15 is 0 Å². The molecule has 0 spiro atoms. The first-order valence-corrected chi connectivity index (χ1v) is 12.7. The fourth-order valence-electron chi connectivity index (χ4n) is 3.72. The minimum Gasteiger partial charge on any atom is -0.493 e. The number of rotatable bonds is 8. The Morgan fingerprint density at radius 3 is 2.42 bits per heavy atom. The van der Waals surface area contributed by atoms with Crippen LogP contribution in [0.1, 0.15) is 33.6 Å². The molecule has 33 heavy (non-hydrogen) atoms. The maximum absolute atomic E-state index is 12.2. The van der Waals surface area contributed by atoms with Gasteiger partial charge in [0, 0.05) is 69.0 Å². The summed E-state index contributed by atoms with van der Waals surface area (Å²) < 4.78 is 40.3. The van der Waals surface area contributed by atoms with Crippen LogP contribution < -0.4 is 19.8 Å². The van der Waals surface area contributed by atoms with Crippen LogP contribution in [0, 0.1) is 0 Å². The molecule has 1 N–H and O–H groups in total. The zero-order chi connectivity index (χ0) is 24.2. The molecule has 2 aromatic rings. The zero-order valence-corrected chi connectivity index (χ0v) is 20.3. The molecule has 1 aliphatic heterocycles. The predicted octanol–water partition coefficient (Wildman–Crippen LogP) is 2.60. The van der Waals surface area contributed by atoms with Crippen molar-refractivity contribution in [1.29, 1.82) is 0 Å². The highest BCUT2D eigenvalue weighted by Crippen LogP contribution is 2.39. The van der Waals surface area contributed by atoms with Gasteiger partial charge in [0.2, 0.25) is 15.9 Å². The molecular weight excluding hydrogens is 446 g/mol. The third-order valence-electron chi connectivity index (χ3n) is 5.59. The summed E-state index contributed by atoms with van der Waals surface area (Å²) in [6.07, 6.45) is 2.94. The summed E-state index contributed by atoms with van der Waals surface area (Å²) in [5.41, 5.74) is 1.40. The number of aromatic nitrogens is 1. The second kappa shape index (κ2) is 10.3. The lowest BCUT2D eigenvalue weighted by atomic mass is 10.0. The van der Waals surface area contributed by atoms with Gasteiger partial charge in [-0.3, -0.25) is 14.3 Å². The Morgan fingerprint density at radius 2 is 1.82 bits per heavy atom. The van der Waals surface area contributed by atoms with Crippen LogP contribution in [0.4, 0.5) is 5.69 Å². The number of piperidine rings is 1. The third-order valence-corrected chi connectivity index (χ3v) is 6.90. The highest BCUT2D eigenvalue weighted by atomic mass is 32.2. The summed E-state index contributed by atoms with van der Waals surface area (Å²) in [4.78, 5) is 25.6. The van der Waals surface area contributed by atoms with Crippen LogP contribution in [0.5, 0.6) is 11.5 Å². The van der Waals surface area contributed by atoms with E-state index in [0.29, 0.717) is 60.9 Å². The van der Waals surface area contributed by atoms with Crippen LogP contribution in [0.2, 0.25) is 0 Å². The summed E-state index contributed by atoms with van der Waals surface area (Å²) in [6, 6.07) is 6.48. The molecule has 0 saturated carbocycles. The molecule has 0 radical (unpaired) electrons. The normalized spacial score (nSPS) is 14.7. The topological polar surface area (TPSA) is 107 Å². The van der Waals surface area contributed by atoms with Gasteiger partial charge in [0.05, 0.1) is 12.4 Å². The molecule has 1 amide bonds. The minimum absolute atomic E-state index is 0.0493. The van der Waals surface area contributed by atoms with E-state index in [2.05, 4.69) is 4.72 Å². The van der Waals surface area contributed by atoms with E-state index in [9.17, 15) is 18.0 Å². The number of likely N-dealkylation sites (tertiary alicyclic amines) is 1. The number of carbonyl (C=O) groups is 1. The fourth-order valence-corrected chi connectivity index (χ4v) is 4.35. The molecule has 1 fully saturated rings. The third kappa shape index (κ3) is 6.07. The number of sulfonamides is 1. The molecule has 1 aromatic heterocycles. The van der Waals surface area contributed by atoms with Crippen molar-refractivity contribution >= 4 is 21.6 Å². The van der Waals surface area contributed by atoms with Gasteiger partial charge in [-0.2, -0.15) is 0 Å². The Hall–Kier alpha value is -3.01. The second-order valence-corrected chi connectivity index (χ2v) is 9.98. The number of amides is 1. The van der Waals surface area contributed by atoms with Crippen LogP contribution in [-0.4, -0.2) is 55.3 Å². The Kier molecular flexibility index (Phi) is 7.68. The van der Waals surface area contributed by atoms with Gasteiger partial charge in [-0.05, 0) is 32.0 Å². The fraction of sp³-hybridized carbons (Fsp3) is 0.478.